The molecule has 5 rings (SSSR count). The number of methoxy groups -OCH3 is 2. The van der Waals surface area contributed by atoms with Crippen LogP contribution in [0.2, 0.25) is 0 Å². The quantitative estimate of drug-likeness (QED) is 0.289. The molecule has 224 valence electrons. The molecule has 4 aromatic rings. The largest absolute Gasteiger partial charge is 0.497 e. The SMILES string of the molecule is COc1cc(OC)cc(-c2cn(-c3cc(N4CCC(OCCO)C4)ccc3C(F)(F)F)c(=O)c3c2ccn3CCO)c1. The Morgan fingerprint density at radius 2 is 1.74 bits per heavy atom. The minimum absolute atomic E-state index is 0.0821. The van der Waals surface area contributed by atoms with Crippen LogP contribution >= 0.6 is 0 Å². The van der Waals surface area contributed by atoms with Gasteiger partial charge in [-0.3, -0.25) is 9.36 Å². The molecule has 1 unspecified atom stereocenters. The van der Waals surface area contributed by atoms with E-state index in [1.807, 2.05) is 4.90 Å². The van der Waals surface area contributed by atoms with Crippen molar-refractivity contribution in [3.05, 3.63) is 70.8 Å². The summed E-state index contributed by atoms with van der Waals surface area (Å²) < 4.78 is 62.2. The van der Waals surface area contributed by atoms with Crippen LogP contribution in [0, 0.1) is 0 Å². The molecule has 0 saturated carbocycles. The molecule has 0 bridgehead atoms. The first-order valence-corrected chi connectivity index (χ1v) is 13.5. The Morgan fingerprint density at radius 3 is 2.38 bits per heavy atom. The Labute approximate surface area is 239 Å². The van der Waals surface area contributed by atoms with Gasteiger partial charge in [0.25, 0.3) is 5.56 Å². The Kier molecular flexibility index (Phi) is 8.48. The Hall–Kier alpha value is -4.00. The summed E-state index contributed by atoms with van der Waals surface area (Å²) in [6.45, 7) is 0.857. The van der Waals surface area contributed by atoms with E-state index in [0.29, 0.717) is 53.2 Å². The van der Waals surface area contributed by atoms with E-state index in [2.05, 4.69) is 0 Å². The third-order valence-electron chi connectivity index (χ3n) is 7.44. The van der Waals surface area contributed by atoms with Crippen LogP contribution in [0.3, 0.4) is 0 Å². The highest BCUT2D eigenvalue weighted by Gasteiger charge is 2.35. The first-order chi connectivity index (χ1) is 20.2. The van der Waals surface area contributed by atoms with Gasteiger partial charge in [-0.25, -0.2) is 0 Å². The van der Waals surface area contributed by atoms with Gasteiger partial charge in [0.15, 0.2) is 0 Å². The number of benzene rings is 2. The summed E-state index contributed by atoms with van der Waals surface area (Å²) in [5.74, 6) is 0.935. The van der Waals surface area contributed by atoms with E-state index in [1.54, 1.807) is 30.5 Å². The van der Waals surface area contributed by atoms with Crippen molar-refractivity contribution in [1.82, 2.24) is 9.13 Å². The minimum atomic E-state index is -4.74. The number of rotatable bonds is 10. The maximum atomic E-state index is 14.4. The molecule has 2 aromatic heterocycles. The number of pyridine rings is 1. The van der Waals surface area contributed by atoms with E-state index in [9.17, 15) is 23.1 Å². The van der Waals surface area contributed by atoms with E-state index in [4.69, 9.17) is 19.3 Å². The van der Waals surface area contributed by atoms with Gasteiger partial charge >= 0.3 is 6.18 Å². The average Bonchev–Trinajstić information content (AvgIpc) is 3.63. The number of hydrogen-bond donors (Lipinski definition) is 2. The lowest BCUT2D eigenvalue weighted by molar-refractivity contribution is -0.137. The van der Waals surface area contributed by atoms with Crippen LogP contribution in [0.1, 0.15) is 12.0 Å². The summed E-state index contributed by atoms with van der Waals surface area (Å²) in [6.07, 6.45) is -1.22. The van der Waals surface area contributed by atoms with Gasteiger partial charge in [-0.05, 0) is 48.4 Å². The van der Waals surface area contributed by atoms with Crippen molar-refractivity contribution >= 4 is 16.6 Å². The molecule has 1 aliphatic rings. The third-order valence-corrected chi connectivity index (χ3v) is 7.44. The first-order valence-electron chi connectivity index (χ1n) is 13.5. The second-order valence-corrected chi connectivity index (χ2v) is 9.96. The molecule has 0 amide bonds. The summed E-state index contributed by atoms with van der Waals surface area (Å²) in [6, 6.07) is 10.6. The predicted octanol–water partition coefficient (Wildman–Crippen LogP) is 4.08. The molecule has 3 heterocycles. The molecule has 9 nitrogen and oxygen atoms in total. The number of alkyl halides is 3. The van der Waals surface area contributed by atoms with Crippen LogP contribution in [0.25, 0.3) is 27.7 Å². The molecule has 1 aliphatic heterocycles. The average molecular weight is 588 g/mol. The van der Waals surface area contributed by atoms with Crippen molar-refractivity contribution in [2.24, 2.45) is 0 Å². The minimum Gasteiger partial charge on any atom is -0.497 e. The number of anilines is 1. The topological polar surface area (TPSA) is 98.3 Å². The van der Waals surface area contributed by atoms with E-state index in [0.717, 1.165) is 10.6 Å². The number of aromatic nitrogens is 2. The molecular weight excluding hydrogens is 555 g/mol. The summed E-state index contributed by atoms with van der Waals surface area (Å²) in [4.78, 5) is 15.9. The maximum absolute atomic E-state index is 14.4. The molecule has 1 saturated heterocycles. The fourth-order valence-electron chi connectivity index (χ4n) is 5.44. The van der Waals surface area contributed by atoms with Crippen LogP contribution < -0.4 is 19.9 Å². The highest BCUT2D eigenvalue weighted by molar-refractivity contribution is 5.95. The van der Waals surface area contributed by atoms with E-state index in [-0.39, 0.29) is 43.7 Å². The molecule has 2 aromatic carbocycles. The Bertz CT molecular complexity index is 1610. The number of nitrogens with zero attached hydrogens (tertiary/aromatic N) is 3. The second-order valence-electron chi connectivity index (χ2n) is 9.96. The third kappa shape index (κ3) is 5.69. The summed E-state index contributed by atoms with van der Waals surface area (Å²) in [5.41, 5.74) is -0.226. The predicted molar refractivity (Wildman–Crippen MR) is 152 cm³/mol. The summed E-state index contributed by atoms with van der Waals surface area (Å²) in [7, 11) is 2.98. The van der Waals surface area contributed by atoms with Gasteiger partial charge in [-0.1, -0.05) is 0 Å². The maximum Gasteiger partial charge on any atom is 0.418 e. The van der Waals surface area contributed by atoms with Crippen LogP contribution in [0.15, 0.2) is 59.7 Å². The highest BCUT2D eigenvalue weighted by Crippen LogP contribution is 2.39. The van der Waals surface area contributed by atoms with Gasteiger partial charge in [0, 0.05) is 54.7 Å². The number of hydrogen-bond acceptors (Lipinski definition) is 7. The first kappa shape index (κ1) is 29.5. The van der Waals surface area contributed by atoms with E-state index in [1.165, 1.54) is 37.1 Å². The zero-order valence-corrected chi connectivity index (χ0v) is 23.2. The second kappa shape index (κ2) is 12.1. The van der Waals surface area contributed by atoms with Gasteiger partial charge in [0.2, 0.25) is 0 Å². The van der Waals surface area contributed by atoms with Gasteiger partial charge in [0.05, 0.1) is 51.4 Å². The lowest BCUT2D eigenvalue weighted by Gasteiger charge is -2.23. The number of ether oxygens (including phenoxy) is 3. The molecule has 1 fully saturated rings. The lowest BCUT2D eigenvalue weighted by Crippen LogP contribution is -2.26. The lowest BCUT2D eigenvalue weighted by atomic mass is 10.0. The van der Waals surface area contributed by atoms with Crippen molar-refractivity contribution in [2.45, 2.75) is 25.2 Å². The zero-order valence-electron chi connectivity index (χ0n) is 23.2. The van der Waals surface area contributed by atoms with Gasteiger partial charge in [-0.15, -0.1) is 0 Å². The molecule has 42 heavy (non-hydrogen) atoms. The summed E-state index contributed by atoms with van der Waals surface area (Å²) in [5, 5.41) is 19.2. The van der Waals surface area contributed by atoms with Crippen molar-refractivity contribution in [1.29, 1.82) is 0 Å². The highest BCUT2D eigenvalue weighted by atomic mass is 19.4. The number of fused-ring (bicyclic) bond motifs is 1. The van der Waals surface area contributed by atoms with Crippen molar-refractivity contribution in [3.8, 4) is 28.3 Å². The van der Waals surface area contributed by atoms with Crippen LogP contribution in [0.4, 0.5) is 18.9 Å². The number of aliphatic hydroxyl groups is 2. The number of halogens is 3. The number of aliphatic hydroxyl groups excluding tert-OH is 2. The van der Waals surface area contributed by atoms with Gasteiger partial charge in [0.1, 0.15) is 17.0 Å². The standard InChI is InChI=1S/C30H32F3N3O6/c1-40-22-13-19(14-23(16-22)41-2)25-18-36(29(39)28-24(25)6-8-34(28)9-10-37)27-15-20(3-4-26(27)30(31,32)33)35-7-5-21(17-35)42-12-11-38/h3-4,6,8,13-16,18,21,37-38H,5,7,9-12,17H2,1-2H3. The summed E-state index contributed by atoms with van der Waals surface area (Å²) >= 11 is 0. The van der Waals surface area contributed by atoms with Gasteiger partial charge in [-0.2, -0.15) is 13.2 Å². The van der Waals surface area contributed by atoms with Crippen molar-refractivity contribution < 1.29 is 37.6 Å². The molecule has 0 aliphatic carbocycles. The molecular formula is C30H32F3N3O6. The zero-order chi connectivity index (χ0) is 30.0. The Morgan fingerprint density at radius 1 is 1.00 bits per heavy atom. The normalized spacial score (nSPS) is 15.5. The molecule has 0 radical (unpaired) electrons. The fraction of sp³-hybridized carbons (Fsp3) is 0.367. The van der Waals surface area contributed by atoms with Crippen LogP contribution in [0.5, 0.6) is 11.5 Å². The molecule has 12 heteroatoms. The van der Waals surface area contributed by atoms with Crippen molar-refractivity contribution in [2.75, 3.05) is 52.0 Å². The van der Waals surface area contributed by atoms with Crippen molar-refractivity contribution in [3.63, 3.8) is 0 Å². The van der Waals surface area contributed by atoms with E-state index >= 15 is 0 Å². The van der Waals surface area contributed by atoms with E-state index < -0.39 is 17.3 Å². The molecule has 0 spiro atoms. The smallest absolute Gasteiger partial charge is 0.418 e. The molecule has 1 atom stereocenters. The Balaban J connectivity index is 1.74. The molecule has 2 N–H and O–H groups in total. The van der Waals surface area contributed by atoms with Crippen LogP contribution in [-0.4, -0.2) is 72.6 Å². The van der Waals surface area contributed by atoms with Gasteiger partial charge < -0.3 is 33.9 Å². The fourth-order valence-corrected chi connectivity index (χ4v) is 5.44. The van der Waals surface area contributed by atoms with Crippen LogP contribution in [-0.2, 0) is 17.5 Å². The monoisotopic (exact) mass is 587 g/mol.